The van der Waals surface area contributed by atoms with Gasteiger partial charge in [0.1, 0.15) is 0 Å². The smallest absolute Gasteiger partial charge is 0.312 e. The maximum absolute atomic E-state index is 11.5. The average molecular weight is 169 g/mol. The SMILES string of the molecule is CCOC(=O)C12CCC(N)C1C2. The predicted molar refractivity (Wildman–Crippen MR) is 44.4 cm³/mol. The van der Waals surface area contributed by atoms with Crippen LogP contribution in [0.15, 0.2) is 0 Å². The Balaban J connectivity index is 2.02. The molecule has 3 atom stereocenters. The van der Waals surface area contributed by atoms with Crippen LogP contribution in [0.4, 0.5) is 0 Å². The normalized spacial score (nSPS) is 43.8. The van der Waals surface area contributed by atoms with Crippen molar-refractivity contribution < 1.29 is 9.53 Å². The van der Waals surface area contributed by atoms with Crippen LogP contribution in [0, 0.1) is 11.3 Å². The summed E-state index contributed by atoms with van der Waals surface area (Å²) in [5.41, 5.74) is 5.69. The number of esters is 1. The van der Waals surface area contributed by atoms with Gasteiger partial charge in [-0.25, -0.2) is 0 Å². The van der Waals surface area contributed by atoms with E-state index in [1.807, 2.05) is 6.92 Å². The van der Waals surface area contributed by atoms with Crippen LogP contribution >= 0.6 is 0 Å². The molecule has 68 valence electrons. The van der Waals surface area contributed by atoms with E-state index in [-0.39, 0.29) is 17.4 Å². The Morgan fingerprint density at radius 2 is 2.50 bits per heavy atom. The number of carbonyl (C=O) groups is 1. The minimum absolute atomic E-state index is 0.0112. The summed E-state index contributed by atoms with van der Waals surface area (Å²) < 4.78 is 5.02. The lowest BCUT2D eigenvalue weighted by molar-refractivity contribution is -0.150. The molecule has 3 unspecified atom stereocenters. The standard InChI is InChI=1S/C9H15NO2/c1-2-12-8(11)9-4-3-7(10)6(9)5-9/h6-7H,2-5,10H2,1H3. The van der Waals surface area contributed by atoms with Crippen LogP contribution in [-0.2, 0) is 9.53 Å². The summed E-state index contributed by atoms with van der Waals surface area (Å²) in [4.78, 5) is 11.5. The van der Waals surface area contributed by atoms with Crippen LogP contribution in [0.25, 0.3) is 0 Å². The van der Waals surface area contributed by atoms with Gasteiger partial charge in [-0.3, -0.25) is 4.79 Å². The van der Waals surface area contributed by atoms with E-state index in [1.165, 1.54) is 0 Å². The molecule has 0 amide bonds. The molecular formula is C9H15NO2. The lowest BCUT2D eigenvalue weighted by Gasteiger charge is -2.09. The van der Waals surface area contributed by atoms with Crippen LogP contribution in [0.1, 0.15) is 26.2 Å². The Morgan fingerprint density at radius 3 is 2.92 bits per heavy atom. The third-order valence-electron chi connectivity index (χ3n) is 3.26. The summed E-state index contributed by atoms with van der Waals surface area (Å²) in [5, 5.41) is 0. The van der Waals surface area contributed by atoms with E-state index < -0.39 is 0 Å². The largest absolute Gasteiger partial charge is 0.466 e. The lowest BCUT2D eigenvalue weighted by Crippen LogP contribution is -2.21. The molecule has 2 aliphatic rings. The highest BCUT2D eigenvalue weighted by Gasteiger charge is 2.66. The van der Waals surface area contributed by atoms with Gasteiger partial charge in [-0.05, 0) is 32.1 Å². The van der Waals surface area contributed by atoms with E-state index in [4.69, 9.17) is 10.5 Å². The molecular weight excluding hydrogens is 154 g/mol. The minimum Gasteiger partial charge on any atom is -0.466 e. The second-order valence-electron chi connectivity index (χ2n) is 3.89. The molecule has 0 heterocycles. The van der Waals surface area contributed by atoms with E-state index in [0.717, 1.165) is 19.3 Å². The third-order valence-corrected chi connectivity index (χ3v) is 3.26. The second-order valence-corrected chi connectivity index (χ2v) is 3.89. The van der Waals surface area contributed by atoms with Crippen LogP contribution in [-0.4, -0.2) is 18.6 Å². The highest BCUT2D eigenvalue weighted by atomic mass is 16.5. The topological polar surface area (TPSA) is 52.3 Å². The van der Waals surface area contributed by atoms with Crippen molar-refractivity contribution in [1.82, 2.24) is 0 Å². The molecule has 0 aromatic carbocycles. The first-order valence-corrected chi connectivity index (χ1v) is 4.63. The zero-order valence-electron chi connectivity index (χ0n) is 7.38. The highest BCUT2D eigenvalue weighted by molar-refractivity contribution is 5.81. The van der Waals surface area contributed by atoms with E-state index in [9.17, 15) is 4.79 Å². The first-order valence-electron chi connectivity index (χ1n) is 4.63. The monoisotopic (exact) mass is 169 g/mol. The number of hydrogen-bond donors (Lipinski definition) is 1. The van der Waals surface area contributed by atoms with Gasteiger partial charge in [-0.15, -0.1) is 0 Å². The van der Waals surface area contributed by atoms with Gasteiger partial charge >= 0.3 is 5.97 Å². The number of nitrogens with two attached hydrogens (primary N) is 1. The number of carbonyl (C=O) groups excluding carboxylic acids is 1. The summed E-state index contributed by atoms with van der Waals surface area (Å²) in [6.07, 6.45) is 2.90. The molecule has 0 aromatic rings. The molecule has 0 bridgehead atoms. The Labute approximate surface area is 72.3 Å². The zero-order chi connectivity index (χ0) is 8.77. The molecule has 0 aromatic heterocycles. The van der Waals surface area contributed by atoms with Gasteiger partial charge in [0.25, 0.3) is 0 Å². The van der Waals surface area contributed by atoms with Crippen LogP contribution in [0.3, 0.4) is 0 Å². The predicted octanol–water partition coefficient (Wildman–Crippen LogP) is 0.677. The first-order chi connectivity index (χ1) is 5.70. The maximum Gasteiger partial charge on any atom is 0.312 e. The molecule has 3 heteroatoms. The van der Waals surface area contributed by atoms with Crippen molar-refractivity contribution in [2.75, 3.05) is 6.61 Å². The van der Waals surface area contributed by atoms with Gasteiger partial charge in [0.2, 0.25) is 0 Å². The first kappa shape index (κ1) is 8.05. The molecule has 2 N–H and O–H groups in total. The quantitative estimate of drug-likeness (QED) is 0.618. The molecule has 12 heavy (non-hydrogen) atoms. The molecule has 2 aliphatic carbocycles. The minimum atomic E-state index is -0.143. The summed E-state index contributed by atoms with van der Waals surface area (Å²) in [6, 6.07) is 0.245. The van der Waals surface area contributed by atoms with Crippen molar-refractivity contribution in [2.45, 2.75) is 32.2 Å². The fourth-order valence-electron chi connectivity index (χ4n) is 2.42. The van der Waals surface area contributed by atoms with E-state index in [0.29, 0.717) is 12.5 Å². The fourth-order valence-corrected chi connectivity index (χ4v) is 2.42. The van der Waals surface area contributed by atoms with E-state index in [2.05, 4.69) is 0 Å². The highest BCUT2D eigenvalue weighted by Crippen LogP contribution is 2.63. The van der Waals surface area contributed by atoms with Crippen LogP contribution < -0.4 is 5.73 Å². The van der Waals surface area contributed by atoms with Crippen molar-refractivity contribution in [3.8, 4) is 0 Å². The molecule has 2 saturated carbocycles. The van der Waals surface area contributed by atoms with Gasteiger partial charge in [-0.1, -0.05) is 0 Å². The van der Waals surface area contributed by atoms with E-state index in [1.54, 1.807) is 0 Å². The maximum atomic E-state index is 11.5. The lowest BCUT2D eigenvalue weighted by atomic mass is 10.1. The van der Waals surface area contributed by atoms with Crippen molar-refractivity contribution >= 4 is 5.97 Å². The Bertz CT molecular complexity index is 217. The molecule has 2 rings (SSSR count). The van der Waals surface area contributed by atoms with Gasteiger partial charge in [0, 0.05) is 6.04 Å². The van der Waals surface area contributed by atoms with E-state index >= 15 is 0 Å². The number of hydrogen-bond acceptors (Lipinski definition) is 3. The summed E-state index contributed by atoms with van der Waals surface area (Å²) in [5.74, 6) is 0.416. The summed E-state index contributed by atoms with van der Waals surface area (Å²) in [6.45, 7) is 2.34. The third kappa shape index (κ3) is 0.891. The Morgan fingerprint density at radius 1 is 1.75 bits per heavy atom. The molecule has 0 saturated heterocycles. The zero-order valence-corrected chi connectivity index (χ0v) is 7.38. The van der Waals surface area contributed by atoms with Gasteiger partial charge in [0.15, 0.2) is 0 Å². The number of ether oxygens (including phenoxy) is 1. The molecule has 0 spiro atoms. The Hall–Kier alpha value is -0.570. The van der Waals surface area contributed by atoms with Gasteiger partial charge in [-0.2, -0.15) is 0 Å². The average Bonchev–Trinajstić information content (AvgIpc) is 2.70. The van der Waals surface area contributed by atoms with Crippen LogP contribution in [0.5, 0.6) is 0 Å². The van der Waals surface area contributed by atoms with Crippen molar-refractivity contribution in [2.24, 2.45) is 17.1 Å². The number of rotatable bonds is 2. The molecule has 2 fully saturated rings. The van der Waals surface area contributed by atoms with Gasteiger partial charge < -0.3 is 10.5 Å². The molecule has 0 aliphatic heterocycles. The number of fused-ring (bicyclic) bond motifs is 1. The van der Waals surface area contributed by atoms with Gasteiger partial charge in [0.05, 0.1) is 12.0 Å². The second kappa shape index (κ2) is 2.46. The molecule has 0 radical (unpaired) electrons. The van der Waals surface area contributed by atoms with Crippen molar-refractivity contribution in [3.05, 3.63) is 0 Å². The Kier molecular flexibility index (Phi) is 1.65. The molecule has 3 nitrogen and oxygen atoms in total. The summed E-state index contributed by atoms with van der Waals surface area (Å²) >= 11 is 0. The summed E-state index contributed by atoms with van der Waals surface area (Å²) in [7, 11) is 0. The van der Waals surface area contributed by atoms with Crippen molar-refractivity contribution in [1.29, 1.82) is 0 Å². The van der Waals surface area contributed by atoms with Crippen LogP contribution in [0.2, 0.25) is 0 Å². The fraction of sp³-hybridized carbons (Fsp3) is 0.889. The van der Waals surface area contributed by atoms with Crippen molar-refractivity contribution in [3.63, 3.8) is 0 Å².